The molecule has 0 amide bonds. The zero-order valence-corrected chi connectivity index (χ0v) is 9.67. The summed E-state index contributed by atoms with van der Waals surface area (Å²) < 4.78 is 77.8. The average Bonchev–Trinajstić information content (AvgIpc) is 2.11. The second-order valence-corrected chi connectivity index (χ2v) is 3.91. The molecule has 0 heterocycles. The molecule has 0 radical (unpaired) electrons. The van der Waals surface area contributed by atoms with Crippen molar-refractivity contribution in [1.82, 2.24) is 5.32 Å². The first-order valence-corrected chi connectivity index (χ1v) is 4.92. The predicted octanol–water partition coefficient (Wildman–Crippen LogP) is 2.88. The minimum Gasteiger partial charge on any atom is -0.353 e. The highest BCUT2D eigenvalue weighted by Crippen LogP contribution is 2.38. The molecule has 0 aromatic carbocycles. The van der Waals surface area contributed by atoms with Crippen molar-refractivity contribution in [3.05, 3.63) is 0 Å². The Morgan fingerprint density at radius 2 is 1.47 bits per heavy atom. The van der Waals surface area contributed by atoms with Crippen LogP contribution >= 0.6 is 0 Å². The summed E-state index contributed by atoms with van der Waals surface area (Å²) in [5.74, 6) is 0. The van der Waals surface area contributed by atoms with Crippen molar-refractivity contribution in [3.63, 3.8) is 0 Å². The van der Waals surface area contributed by atoms with Crippen LogP contribution in [0.4, 0.5) is 26.3 Å². The van der Waals surface area contributed by atoms with E-state index in [4.69, 9.17) is 0 Å². The molecule has 0 aliphatic heterocycles. The molecule has 0 saturated heterocycles. The molecule has 17 heavy (non-hydrogen) atoms. The number of nitrogens with one attached hydrogen (secondary N) is 1. The largest absolute Gasteiger partial charge is 0.423 e. The second kappa shape index (κ2) is 5.43. The van der Waals surface area contributed by atoms with Gasteiger partial charge < -0.3 is 10.1 Å². The minimum absolute atomic E-state index is 0.0243. The van der Waals surface area contributed by atoms with Crippen LogP contribution < -0.4 is 5.32 Å². The lowest BCUT2D eigenvalue weighted by Gasteiger charge is -2.34. The second-order valence-electron chi connectivity index (χ2n) is 3.91. The van der Waals surface area contributed by atoms with Crippen LogP contribution in [0.5, 0.6) is 0 Å². The van der Waals surface area contributed by atoms with E-state index in [9.17, 15) is 26.3 Å². The van der Waals surface area contributed by atoms with Crippen molar-refractivity contribution in [2.75, 3.05) is 13.6 Å². The lowest BCUT2D eigenvalue weighted by Crippen LogP contribution is -2.52. The Labute approximate surface area is 95.3 Å². The fraction of sp³-hybridized carbons (Fsp3) is 1.00. The van der Waals surface area contributed by atoms with Crippen molar-refractivity contribution < 1.29 is 31.1 Å². The van der Waals surface area contributed by atoms with Gasteiger partial charge in [-0.05, 0) is 20.4 Å². The average molecular weight is 267 g/mol. The maximum atomic E-state index is 12.3. The van der Waals surface area contributed by atoms with Gasteiger partial charge in [-0.25, -0.2) is 0 Å². The van der Waals surface area contributed by atoms with Gasteiger partial charge in [0.1, 0.15) is 0 Å². The first-order valence-electron chi connectivity index (χ1n) is 4.92. The smallest absolute Gasteiger partial charge is 0.353 e. The molecule has 2 nitrogen and oxygen atoms in total. The Bertz CT molecular complexity index is 225. The van der Waals surface area contributed by atoms with Gasteiger partial charge in [-0.3, -0.25) is 0 Å². The van der Waals surface area contributed by atoms with E-state index in [0.717, 1.165) is 0 Å². The number of rotatable bonds is 5. The van der Waals surface area contributed by atoms with E-state index >= 15 is 0 Å². The maximum absolute atomic E-state index is 12.3. The fourth-order valence-electron chi connectivity index (χ4n) is 1.23. The highest BCUT2D eigenvalue weighted by molar-refractivity contribution is 4.84. The lowest BCUT2D eigenvalue weighted by molar-refractivity contribution is -0.342. The Morgan fingerprint density at radius 3 is 1.71 bits per heavy atom. The van der Waals surface area contributed by atoms with E-state index < -0.39 is 24.1 Å². The van der Waals surface area contributed by atoms with Crippen molar-refractivity contribution in [3.8, 4) is 0 Å². The van der Waals surface area contributed by atoms with E-state index in [0.29, 0.717) is 0 Å². The molecular formula is C9H15F6NO. The van der Waals surface area contributed by atoms with Crippen LogP contribution in [0, 0.1) is 0 Å². The van der Waals surface area contributed by atoms with Gasteiger partial charge in [0, 0.05) is 6.54 Å². The van der Waals surface area contributed by atoms with Gasteiger partial charge in [0.25, 0.3) is 0 Å². The summed E-state index contributed by atoms with van der Waals surface area (Å²) in [7, 11) is 1.42. The third kappa shape index (κ3) is 5.12. The van der Waals surface area contributed by atoms with E-state index in [2.05, 4.69) is 10.1 Å². The van der Waals surface area contributed by atoms with Crippen LogP contribution in [0.1, 0.15) is 20.3 Å². The molecule has 1 N–H and O–H groups in total. The summed E-state index contributed by atoms with van der Waals surface area (Å²) in [6.07, 6.45) is -14.7. The molecule has 0 fully saturated rings. The van der Waals surface area contributed by atoms with Gasteiger partial charge in [-0.15, -0.1) is 0 Å². The Hall–Kier alpha value is -0.500. The molecule has 0 rings (SSSR count). The van der Waals surface area contributed by atoms with Gasteiger partial charge >= 0.3 is 12.4 Å². The molecule has 8 heteroatoms. The third-order valence-electron chi connectivity index (χ3n) is 2.30. The molecular weight excluding hydrogens is 252 g/mol. The van der Waals surface area contributed by atoms with Gasteiger partial charge in [0.2, 0.25) is 6.10 Å². The number of hydrogen-bond donors (Lipinski definition) is 1. The summed E-state index contributed by atoms with van der Waals surface area (Å²) >= 11 is 0. The predicted molar refractivity (Wildman–Crippen MR) is 49.6 cm³/mol. The molecule has 0 spiro atoms. The quantitative estimate of drug-likeness (QED) is 0.773. The van der Waals surface area contributed by atoms with Gasteiger partial charge in [0.05, 0.1) is 5.60 Å². The van der Waals surface area contributed by atoms with Crippen LogP contribution in [0.15, 0.2) is 0 Å². The first-order chi connectivity index (χ1) is 7.46. The van der Waals surface area contributed by atoms with Gasteiger partial charge in [0.15, 0.2) is 0 Å². The normalized spacial score (nSPS) is 17.3. The van der Waals surface area contributed by atoms with E-state index in [1.807, 2.05) is 0 Å². The molecule has 0 bridgehead atoms. The Kier molecular flexibility index (Phi) is 5.27. The zero-order chi connectivity index (χ0) is 13.9. The first kappa shape index (κ1) is 16.5. The lowest BCUT2D eigenvalue weighted by atomic mass is 10.0. The van der Waals surface area contributed by atoms with Crippen molar-refractivity contribution in [2.45, 2.75) is 44.3 Å². The molecule has 104 valence electrons. The summed E-state index contributed by atoms with van der Waals surface area (Å²) in [6, 6.07) is 0. The fourth-order valence-corrected chi connectivity index (χ4v) is 1.23. The highest BCUT2D eigenvalue weighted by atomic mass is 19.4. The molecule has 1 unspecified atom stereocenters. The molecule has 0 saturated carbocycles. The SMILES string of the molecule is CCC(C)(CNC)OC(C(F)(F)F)C(F)(F)F. The highest BCUT2D eigenvalue weighted by Gasteiger charge is 2.59. The standard InChI is InChI=1S/C9H15F6NO/c1-4-7(2,5-16-3)17-6(8(10,11)12)9(13,14)15/h6,16H,4-5H2,1-3H3. The number of halogens is 6. The van der Waals surface area contributed by atoms with Gasteiger partial charge in [-0.2, -0.15) is 26.3 Å². The summed E-state index contributed by atoms with van der Waals surface area (Å²) in [6.45, 7) is 2.56. The summed E-state index contributed by atoms with van der Waals surface area (Å²) in [5.41, 5.74) is -1.52. The topological polar surface area (TPSA) is 21.3 Å². The molecule has 1 atom stereocenters. The van der Waals surface area contributed by atoms with E-state index in [1.165, 1.54) is 20.9 Å². The molecule has 0 aliphatic rings. The van der Waals surface area contributed by atoms with Gasteiger partial charge in [-0.1, -0.05) is 6.92 Å². The van der Waals surface area contributed by atoms with Crippen LogP contribution in [-0.4, -0.2) is 37.7 Å². The van der Waals surface area contributed by atoms with Crippen LogP contribution in [0.3, 0.4) is 0 Å². The Morgan fingerprint density at radius 1 is 1.06 bits per heavy atom. The monoisotopic (exact) mass is 267 g/mol. The van der Waals surface area contributed by atoms with E-state index in [1.54, 1.807) is 0 Å². The minimum atomic E-state index is -5.47. The number of ether oxygens (including phenoxy) is 1. The summed E-state index contributed by atoms with van der Waals surface area (Å²) in [4.78, 5) is 0. The molecule has 0 aromatic heterocycles. The van der Waals surface area contributed by atoms with E-state index in [-0.39, 0.29) is 13.0 Å². The molecule has 0 aromatic rings. The molecule has 0 aliphatic carbocycles. The van der Waals surface area contributed by atoms with Crippen LogP contribution in [0.25, 0.3) is 0 Å². The van der Waals surface area contributed by atoms with Crippen LogP contribution in [-0.2, 0) is 4.74 Å². The third-order valence-corrected chi connectivity index (χ3v) is 2.30. The number of hydrogen-bond acceptors (Lipinski definition) is 2. The number of likely N-dealkylation sites (N-methyl/N-ethyl adjacent to an activating group) is 1. The number of alkyl halides is 6. The summed E-state index contributed by atoms with van der Waals surface area (Å²) in [5, 5.41) is 2.51. The van der Waals surface area contributed by atoms with Crippen LogP contribution in [0.2, 0.25) is 0 Å². The van der Waals surface area contributed by atoms with Crippen molar-refractivity contribution >= 4 is 0 Å². The van der Waals surface area contributed by atoms with Crippen molar-refractivity contribution in [1.29, 1.82) is 0 Å². The Balaban J connectivity index is 4.99. The zero-order valence-electron chi connectivity index (χ0n) is 9.67. The maximum Gasteiger partial charge on any atom is 0.423 e. The van der Waals surface area contributed by atoms with Crippen molar-refractivity contribution in [2.24, 2.45) is 0 Å².